The summed E-state index contributed by atoms with van der Waals surface area (Å²) >= 11 is 0. The number of fused-ring (bicyclic) bond motifs is 4. The lowest BCUT2D eigenvalue weighted by Crippen LogP contribution is -2.10. The highest BCUT2D eigenvalue weighted by Crippen LogP contribution is 2.23. The van der Waals surface area contributed by atoms with Crippen molar-refractivity contribution in [1.29, 1.82) is 0 Å². The summed E-state index contributed by atoms with van der Waals surface area (Å²) in [5, 5.41) is 10.1. The van der Waals surface area contributed by atoms with Gasteiger partial charge in [-0.2, -0.15) is 0 Å². The van der Waals surface area contributed by atoms with Gasteiger partial charge in [0.1, 0.15) is 0 Å². The van der Waals surface area contributed by atoms with E-state index in [0.717, 1.165) is 0 Å². The van der Waals surface area contributed by atoms with Crippen molar-refractivity contribution in [1.82, 2.24) is 0 Å². The van der Waals surface area contributed by atoms with Gasteiger partial charge in [0.25, 0.3) is 0 Å². The molecule has 1 aliphatic rings. The summed E-state index contributed by atoms with van der Waals surface area (Å²) in [6, 6.07) is 27.5. The van der Waals surface area contributed by atoms with Crippen molar-refractivity contribution in [2.45, 2.75) is 0 Å². The Hall–Kier alpha value is -3.92. The molecule has 0 atom stereocenters. The molecule has 0 N–H and O–H groups in total. The molecule has 0 radical (unpaired) electrons. The molecule has 4 aromatic carbocycles. The van der Waals surface area contributed by atoms with E-state index in [1.807, 2.05) is 0 Å². The first kappa shape index (κ1) is 23.8. The van der Waals surface area contributed by atoms with Crippen molar-refractivity contribution in [3.8, 4) is 0 Å². The van der Waals surface area contributed by atoms with Gasteiger partial charge >= 0.3 is 0 Å². The van der Waals surface area contributed by atoms with Gasteiger partial charge in [0.05, 0.1) is 0 Å². The number of hydrogen-bond donors (Lipinski definition) is 0. The number of benzene rings is 4. The van der Waals surface area contributed by atoms with Crippen molar-refractivity contribution < 1.29 is 0 Å². The van der Waals surface area contributed by atoms with Crippen LogP contribution in [0.4, 0.5) is 22.7 Å². The summed E-state index contributed by atoms with van der Waals surface area (Å²) in [5.41, 5.74) is 4.80. The Morgan fingerprint density at radius 2 is 0.472 bits per heavy atom. The van der Waals surface area contributed by atoms with Crippen molar-refractivity contribution in [2.24, 2.45) is 0 Å². The molecule has 0 saturated heterocycles. The van der Waals surface area contributed by atoms with Crippen molar-refractivity contribution >= 4 is 22.7 Å². The summed E-state index contributed by atoms with van der Waals surface area (Å²) < 4.78 is 0. The van der Waals surface area contributed by atoms with Crippen LogP contribution in [-0.2, 0) is 0 Å². The zero-order chi connectivity index (χ0) is 25.7. The fourth-order valence-electron chi connectivity index (χ4n) is 5.07. The molecule has 4 nitrogen and oxygen atoms in total. The van der Waals surface area contributed by atoms with Gasteiger partial charge in [-0.1, -0.05) is 24.3 Å². The minimum Gasteiger partial charge on any atom is -0.378 e. The minimum absolute atomic E-state index is 1.20. The lowest BCUT2D eigenvalue weighted by Gasteiger charge is -2.16. The molecular formula is C32H36N4. The van der Waals surface area contributed by atoms with Crippen LogP contribution in [0.15, 0.2) is 72.8 Å². The van der Waals surface area contributed by atoms with E-state index in [0.29, 0.717) is 0 Å². The van der Waals surface area contributed by atoms with E-state index in [-0.39, 0.29) is 0 Å². The summed E-state index contributed by atoms with van der Waals surface area (Å²) in [6.07, 6.45) is 0. The quantitative estimate of drug-likeness (QED) is 0.344. The molecule has 36 heavy (non-hydrogen) atoms. The van der Waals surface area contributed by atoms with Crippen molar-refractivity contribution in [3.05, 3.63) is 115 Å². The number of nitrogens with zero attached hydrogens (tertiary/aromatic N) is 4. The van der Waals surface area contributed by atoms with Gasteiger partial charge in [-0.3, -0.25) is 0 Å². The number of rotatable bonds is 4. The van der Waals surface area contributed by atoms with Gasteiger partial charge in [0.2, 0.25) is 0 Å². The van der Waals surface area contributed by atoms with E-state index in [4.69, 9.17) is 0 Å². The van der Waals surface area contributed by atoms with Crippen LogP contribution in [0.25, 0.3) is 0 Å². The molecule has 184 valence electrons. The van der Waals surface area contributed by atoms with E-state index in [1.165, 1.54) is 64.5 Å². The Labute approximate surface area is 213 Å². The molecule has 5 rings (SSSR count). The Bertz CT molecular complexity index is 1580. The van der Waals surface area contributed by atoms with Gasteiger partial charge < -0.3 is 19.6 Å². The SMILES string of the molecule is CN(C)c1ccc2/c(c1)=c1/cc(N(C)C)cc/c1=c1\ccc(N(C)C)c\c1=c1/cc(N(C)C)cc/c1=2. The molecule has 0 heterocycles. The molecule has 0 bridgehead atoms. The van der Waals surface area contributed by atoms with Gasteiger partial charge in [-0.05, 0) is 90.3 Å². The standard InChI is InChI=1S/C32H36N4/c1-33(2)21-9-13-25-26-14-10-23(35(5)6)19-31(26)32-20-24(36(7)8)12-16-28(32)27-15-11-22(34(3)4)18-30(27)29(25)17-21/h9-20H,1-8H3/b26-25-,28-27-,30-29-,32-31-. The maximum atomic E-state index is 2.34. The highest BCUT2D eigenvalue weighted by atomic mass is 15.1. The number of anilines is 4. The number of hydrogen-bond acceptors (Lipinski definition) is 4. The van der Waals surface area contributed by atoms with Crippen LogP contribution in [-0.4, -0.2) is 56.4 Å². The molecule has 0 saturated carbocycles. The van der Waals surface area contributed by atoms with Crippen molar-refractivity contribution in [2.75, 3.05) is 76.0 Å². The summed E-state index contributed by atoms with van der Waals surface area (Å²) in [5.74, 6) is 0. The fraction of sp³-hybridized carbons (Fsp3) is 0.250. The van der Waals surface area contributed by atoms with Gasteiger partial charge in [0.15, 0.2) is 0 Å². The predicted octanol–water partition coefficient (Wildman–Crippen LogP) is 5.41. The first-order valence-corrected chi connectivity index (χ1v) is 12.4. The molecule has 0 aliphatic heterocycles. The lowest BCUT2D eigenvalue weighted by atomic mass is 10.00. The lowest BCUT2D eigenvalue weighted by molar-refractivity contribution is 1.11. The summed E-state index contributed by atoms with van der Waals surface area (Å²) in [7, 11) is 16.9. The molecule has 0 fully saturated rings. The topological polar surface area (TPSA) is 13.0 Å². The second kappa shape index (κ2) is 8.94. The fourth-order valence-corrected chi connectivity index (χ4v) is 5.07. The van der Waals surface area contributed by atoms with E-state index < -0.39 is 0 Å². The Balaban J connectivity index is 2.26. The van der Waals surface area contributed by atoms with E-state index in [9.17, 15) is 0 Å². The van der Waals surface area contributed by atoms with Crippen LogP contribution in [0.3, 0.4) is 0 Å². The maximum Gasteiger partial charge on any atom is 0.0367 e. The third kappa shape index (κ3) is 3.97. The normalized spacial score (nSPS) is 15.3. The summed E-state index contributed by atoms with van der Waals surface area (Å²) in [6.45, 7) is 0. The Morgan fingerprint density at radius 1 is 0.278 bits per heavy atom. The Kier molecular flexibility index (Phi) is 5.91. The van der Waals surface area contributed by atoms with Crippen LogP contribution in [0.1, 0.15) is 0 Å². The van der Waals surface area contributed by atoms with E-state index in [2.05, 4.69) is 149 Å². The highest BCUT2D eigenvalue weighted by Gasteiger charge is 2.07. The third-order valence-corrected chi connectivity index (χ3v) is 7.24. The van der Waals surface area contributed by atoms with Crippen LogP contribution in [0, 0.1) is 41.7 Å². The van der Waals surface area contributed by atoms with Crippen LogP contribution in [0.5, 0.6) is 0 Å². The third-order valence-electron chi connectivity index (χ3n) is 7.24. The predicted molar refractivity (Wildman–Crippen MR) is 154 cm³/mol. The maximum absolute atomic E-state index is 2.34. The van der Waals surface area contributed by atoms with Gasteiger partial charge in [0, 0.05) is 79.1 Å². The molecule has 0 amide bonds. The first-order valence-electron chi connectivity index (χ1n) is 12.4. The van der Waals surface area contributed by atoms with Crippen LogP contribution >= 0.6 is 0 Å². The molecular weight excluding hydrogens is 440 g/mol. The Morgan fingerprint density at radius 3 is 0.639 bits per heavy atom. The van der Waals surface area contributed by atoms with Gasteiger partial charge in [-0.25, -0.2) is 0 Å². The summed E-state index contributed by atoms with van der Waals surface area (Å²) in [4.78, 5) is 8.73. The van der Waals surface area contributed by atoms with Crippen molar-refractivity contribution in [3.63, 3.8) is 0 Å². The average Bonchev–Trinajstić information content (AvgIpc) is 2.86. The minimum atomic E-state index is 1.20. The zero-order valence-corrected chi connectivity index (χ0v) is 22.7. The highest BCUT2D eigenvalue weighted by molar-refractivity contribution is 5.53. The molecule has 0 spiro atoms. The average molecular weight is 477 g/mol. The molecule has 4 aromatic rings. The van der Waals surface area contributed by atoms with Crippen LogP contribution in [0.2, 0.25) is 0 Å². The van der Waals surface area contributed by atoms with E-state index in [1.54, 1.807) is 0 Å². The molecule has 4 heteroatoms. The monoisotopic (exact) mass is 476 g/mol. The largest absolute Gasteiger partial charge is 0.378 e. The first-order chi connectivity index (χ1) is 17.2. The second-order valence-corrected chi connectivity index (χ2v) is 10.5. The molecule has 0 unspecified atom stereocenters. The second-order valence-electron chi connectivity index (χ2n) is 10.5. The van der Waals surface area contributed by atoms with E-state index >= 15 is 0 Å². The molecule has 1 aliphatic carbocycles. The zero-order valence-electron chi connectivity index (χ0n) is 22.7. The van der Waals surface area contributed by atoms with Gasteiger partial charge in [-0.15, -0.1) is 0 Å². The smallest absolute Gasteiger partial charge is 0.0367 e. The molecule has 0 aromatic heterocycles. The van der Waals surface area contributed by atoms with Crippen LogP contribution < -0.4 is 19.6 Å².